The molecule has 3 N–H and O–H groups in total. The molecule has 0 aromatic heterocycles. The second-order valence-corrected chi connectivity index (χ2v) is 4.44. The highest BCUT2D eigenvalue weighted by molar-refractivity contribution is 5.75. The Morgan fingerprint density at radius 3 is 3.06 bits per heavy atom. The molecular weight excluding hydrogens is 220 g/mol. The average Bonchev–Trinajstić information content (AvgIpc) is 2.37. The summed E-state index contributed by atoms with van der Waals surface area (Å²) in [6, 6.07) is 0. The molecular formula is C12H24N2O3. The monoisotopic (exact) mass is 244 g/mol. The molecule has 0 aliphatic carbocycles. The van der Waals surface area contributed by atoms with E-state index in [1.54, 1.807) is 0 Å². The second-order valence-electron chi connectivity index (χ2n) is 4.44. The Bertz CT molecular complexity index is 206. The first kappa shape index (κ1) is 14.4. The Hall–Kier alpha value is -0.650. The van der Waals surface area contributed by atoms with Gasteiger partial charge >= 0.3 is 0 Å². The molecule has 0 saturated carbocycles. The maximum atomic E-state index is 11.5. The highest BCUT2D eigenvalue weighted by Gasteiger charge is 2.13. The molecule has 1 atom stereocenters. The van der Waals surface area contributed by atoms with Gasteiger partial charge in [-0.3, -0.25) is 4.79 Å². The van der Waals surface area contributed by atoms with Gasteiger partial charge in [0.05, 0.1) is 19.8 Å². The quantitative estimate of drug-likeness (QED) is 0.521. The molecule has 1 aliphatic heterocycles. The summed E-state index contributed by atoms with van der Waals surface area (Å²) in [6.07, 6.45) is 4.03. The minimum Gasteiger partial charge on any atom is -0.394 e. The fourth-order valence-corrected chi connectivity index (χ4v) is 2.02. The molecule has 17 heavy (non-hydrogen) atoms. The smallest absolute Gasteiger partial charge is 0.220 e. The number of aliphatic hydroxyl groups excluding tert-OH is 1. The third kappa shape index (κ3) is 7.31. The number of piperidine rings is 1. The van der Waals surface area contributed by atoms with Crippen molar-refractivity contribution in [2.45, 2.75) is 25.7 Å². The lowest BCUT2D eigenvalue weighted by atomic mass is 9.94. The number of amides is 1. The number of rotatable bonds is 8. The van der Waals surface area contributed by atoms with Crippen LogP contribution in [0.5, 0.6) is 0 Å². The van der Waals surface area contributed by atoms with Gasteiger partial charge in [-0.25, -0.2) is 0 Å². The molecule has 1 saturated heterocycles. The van der Waals surface area contributed by atoms with Crippen molar-refractivity contribution in [2.24, 2.45) is 5.92 Å². The molecule has 5 heteroatoms. The molecule has 1 fully saturated rings. The van der Waals surface area contributed by atoms with E-state index in [1.165, 1.54) is 12.8 Å². The predicted octanol–water partition coefficient (Wildman–Crippen LogP) is -0.109. The van der Waals surface area contributed by atoms with Crippen molar-refractivity contribution in [2.75, 3.05) is 39.5 Å². The van der Waals surface area contributed by atoms with Crippen molar-refractivity contribution in [1.29, 1.82) is 0 Å². The van der Waals surface area contributed by atoms with E-state index in [0.29, 0.717) is 32.1 Å². The van der Waals surface area contributed by atoms with Gasteiger partial charge in [-0.2, -0.15) is 0 Å². The van der Waals surface area contributed by atoms with E-state index in [1.807, 2.05) is 0 Å². The largest absolute Gasteiger partial charge is 0.394 e. The van der Waals surface area contributed by atoms with Crippen LogP contribution >= 0.6 is 0 Å². The Morgan fingerprint density at radius 2 is 2.35 bits per heavy atom. The molecule has 1 aliphatic rings. The number of carbonyl (C=O) groups is 1. The summed E-state index contributed by atoms with van der Waals surface area (Å²) in [7, 11) is 0. The van der Waals surface area contributed by atoms with Crippen molar-refractivity contribution in [3.05, 3.63) is 0 Å². The van der Waals surface area contributed by atoms with Crippen molar-refractivity contribution >= 4 is 5.91 Å². The van der Waals surface area contributed by atoms with E-state index < -0.39 is 0 Å². The molecule has 0 radical (unpaired) electrons. The van der Waals surface area contributed by atoms with Gasteiger partial charge in [-0.1, -0.05) is 0 Å². The molecule has 0 spiro atoms. The molecule has 0 aromatic rings. The zero-order chi connectivity index (χ0) is 12.3. The molecule has 1 heterocycles. The van der Waals surface area contributed by atoms with Gasteiger partial charge in [0, 0.05) is 13.0 Å². The average molecular weight is 244 g/mol. The van der Waals surface area contributed by atoms with Crippen LogP contribution in [0.4, 0.5) is 0 Å². The first-order valence-electron chi connectivity index (χ1n) is 6.49. The number of carbonyl (C=O) groups excluding carboxylic acids is 1. The van der Waals surface area contributed by atoms with Crippen molar-refractivity contribution in [3.63, 3.8) is 0 Å². The fraction of sp³-hybridized carbons (Fsp3) is 0.917. The first-order valence-corrected chi connectivity index (χ1v) is 6.49. The van der Waals surface area contributed by atoms with E-state index in [0.717, 1.165) is 19.5 Å². The maximum absolute atomic E-state index is 11.5. The summed E-state index contributed by atoms with van der Waals surface area (Å²) in [5.74, 6) is 0.753. The standard InChI is InChI=1S/C12H24N2O3/c15-7-9-17-8-6-14-12(16)4-3-11-2-1-5-13-10-11/h11,13,15H,1-10H2,(H,14,16). The summed E-state index contributed by atoms with van der Waals surface area (Å²) in [4.78, 5) is 11.5. The van der Waals surface area contributed by atoms with Gasteiger partial charge in [0.15, 0.2) is 0 Å². The molecule has 1 amide bonds. The van der Waals surface area contributed by atoms with Crippen LogP contribution in [0.3, 0.4) is 0 Å². The Morgan fingerprint density at radius 1 is 1.47 bits per heavy atom. The van der Waals surface area contributed by atoms with Gasteiger partial charge in [0.2, 0.25) is 5.91 Å². The first-order chi connectivity index (χ1) is 8.33. The lowest BCUT2D eigenvalue weighted by Gasteiger charge is -2.22. The minimum atomic E-state index is 0.0304. The van der Waals surface area contributed by atoms with E-state index in [4.69, 9.17) is 9.84 Å². The summed E-state index contributed by atoms with van der Waals surface area (Å²) in [5, 5.41) is 14.6. The van der Waals surface area contributed by atoms with E-state index in [9.17, 15) is 4.79 Å². The normalized spacial score (nSPS) is 20.2. The topological polar surface area (TPSA) is 70.6 Å². The van der Waals surface area contributed by atoms with Crippen LogP contribution in [-0.4, -0.2) is 50.5 Å². The van der Waals surface area contributed by atoms with Gasteiger partial charge in [-0.15, -0.1) is 0 Å². The lowest BCUT2D eigenvalue weighted by molar-refractivity contribution is -0.121. The molecule has 1 rings (SSSR count). The zero-order valence-corrected chi connectivity index (χ0v) is 10.4. The fourth-order valence-electron chi connectivity index (χ4n) is 2.02. The molecule has 1 unspecified atom stereocenters. The van der Waals surface area contributed by atoms with Gasteiger partial charge < -0.3 is 20.5 Å². The van der Waals surface area contributed by atoms with Crippen LogP contribution in [0.25, 0.3) is 0 Å². The van der Waals surface area contributed by atoms with E-state index >= 15 is 0 Å². The predicted molar refractivity (Wildman–Crippen MR) is 65.7 cm³/mol. The van der Waals surface area contributed by atoms with Crippen molar-refractivity contribution < 1.29 is 14.6 Å². The highest BCUT2D eigenvalue weighted by atomic mass is 16.5. The summed E-state index contributed by atoms with van der Waals surface area (Å²) in [6.45, 7) is 3.53. The second kappa shape index (κ2) is 9.39. The Labute approximate surface area is 103 Å². The third-order valence-electron chi connectivity index (χ3n) is 2.98. The number of ether oxygens (including phenoxy) is 1. The zero-order valence-electron chi connectivity index (χ0n) is 10.4. The lowest BCUT2D eigenvalue weighted by Crippen LogP contribution is -2.32. The highest BCUT2D eigenvalue weighted by Crippen LogP contribution is 2.15. The maximum Gasteiger partial charge on any atom is 0.220 e. The van der Waals surface area contributed by atoms with Gasteiger partial charge in [-0.05, 0) is 38.3 Å². The molecule has 5 nitrogen and oxygen atoms in total. The van der Waals surface area contributed by atoms with Crippen LogP contribution in [-0.2, 0) is 9.53 Å². The third-order valence-corrected chi connectivity index (χ3v) is 2.98. The van der Waals surface area contributed by atoms with Crippen LogP contribution < -0.4 is 10.6 Å². The Balaban J connectivity index is 1.93. The van der Waals surface area contributed by atoms with Crippen molar-refractivity contribution in [3.8, 4) is 0 Å². The van der Waals surface area contributed by atoms with Gasteiger partial charge in [0.1, 0.15) is 0 Å². The van der Waals surface area contributed by atoms with Crippen molar-refractivity contribution in [1.82, 2.24) is 10.6 Å². The van der Waals surface area contributed by atoms with Crippen LogP contribution in [0.1, 0.15) is 25.7 Å². The number of aliphatic hydroxyl groups is 1. The van der Waals surface area contributed by atoms with Crippen LogP contribution in [0.15, 0.2) is 0 Å². The molecule has 0 bridgehead atoms. The van der Waals surface area contributed by atoms with E-state index in [-0.39, 0.29) is 12.5 Å². The number of nitrogens with one attached hydrogen (secondary N) is 2. The van der Waals surface area contributed by atoms with Gasteiger partial charge in [0.25, 0.3) is 0 Å². The van der Waals surface area contributed by atoms with Crippen LogP contribution in [0.2, 0.25) is 0 Å². The molecule has 0 aromatic carbocycles. The Kier molecular flexibility index (Phi) is 7.96. The SMILES string of the molecule is O=C(CCC1CCCNC1)NCCOCCO. The summed E-state index contributed by atoms with van der Waals surface area (Å²) in [5.41, 5.74) is 0. The minimum absolute atomic E-state index is 0.0304. The summed E-state index contributed by atoms with van der Waals surface area (Å²) >= 11 is 0. The van der Waals surface area contributed by atoms with Crippen LogP contribution in [0, 0.1) is 5.92 Å². The van der Waals surface area contributed by atoms with E-state index in [2.05, 4.69) is 10.6 Å². The summed E-state index contributed by atoms with van der Waals surface area (Å²) < 4.78 is 5.05. The molecule has 100 valence electrons. The number of hydrogen-bond donors (Lipinski definition) is 3. The number of hydrogen-bond acceptors (Lipinski definition) is 4.